The van der Waals surface area contributed by atoms with Crippen molar-refractivity contribution in [3.05, 3.63) is 71.1 Å². The third-order valence-electron chi connectivity index (χ3n) is 5.32. The van der Waals surface area contributed by atoms with Gasteiger partial charge in [0.15, 0.2) is 0 Å². The Morgan fingerprint density at radius 1 is 1.03 bits per heavy atom. The van der Waals surface area contributed by atoms with Crippen LogP contribution in [-0.2, 0) is 0 Å². The molecule has 0 radical (unpaired) electrons. The fourth-order valence-electron chi connectivity index (χ4n) is 3.80. The first-order valence-corrected chi connectivity index (χ1v) is 10.1. The standard InChI is InChI=1S/C24H21N3O5/c1-25-10-11-31-17-6-2-14(3-7-17)27-20-12-15(28)4-8-18(20)22-23(26-27)19-9-5-16(29)13-21(19)32-24(22)30/h2-9,12-13,25-26,28-29H,10-11H2,1H3. The number of hydrazine groups is 1. The molecule has 4 N–H and O–H groups in total. The number of phenolic OH excluding ortho intramolecular Hbond substituents is 2. The normalized spacial score (nSPS) is 12.2. The van der Waals surface area contributed by atoms with Crippen LogP contribution in [0.4, 0.5) is 17.1 Å². The molecule has 1 aromatic heterocycles. The molecule has 0 saturated heterocycles. The predicted octanol–water partition coefficient (Wildman–Crippen LogP) is 3.95. The van der Waals surface area contributed by atoms with Crippen LogP contribution in [0.5, 0.6) is 17.2 Å². The summed E-state index contributed by atoms with van der Waals surface area (Å²) in [7, 11) is 1.87. The Morgan fingerprint density at radius 2 is 1.78 bits per heavy atom. The Labute approximate surface area is 183 Å². The molecule has 0 aliphatic carbocycles. The molecule has 0 unspecified atom stereocenters. The van der Waals surface area contributed by atoms with E-state index in [4.69, 9.17) is 9.15 Å². The minimum Gasteiger partial charge on any atom is -0.508 e. The van der Waals surface area contributed by atoms with Crippen LogP contribution in [0.1, 0.15) is 0 Å². The molecule has 2 heterocycles. The number of nitrogens with zero attached hydrogens (tertiary/aromatic N) is 1. The maximum Gasteiger partial charge on any atom is 0.346 e. The van der Waals surface area contributed by atoms with Crippen molar-refractivity contribution < 1.29 is 19.4 Å². The van der Waals surface area contributed by atoms with Gasteiger partial charge < -0.3 is 24.7 Å². The number of aromatic hydroxyl groups is 2. The lowest BCUT2D eigenvalue weighted by molar-refractivity contribution is 0.318. The van der Waals surface area contributed by atoms with E-state index in [0.29, 0.717) is 34.5 Å². The summed E-state index contributed by atoms with van der Waals surface area (Å²) in [6.07, 6.45) is 0. The fraction of sp³-hybridized carbons (Fsp3) is 0.125. The topological polar surface area (TPSA) is 107 Å². The molecular weight excluding hydrogens is 410 g/mol. The highest BCUT2D eigenvalue weighted by Crippen LogP contribution is 2.46. The highest BCUT2D eigenvalue weighted by Gasteiger charge is 2.28. The summed E-state index contributed by atoms with van der Waals surface area (Å²) < 4.78 is 11.2. The molecule has 4 aromatic rings. The molecule has 162 valence electrons. The van der Waals surface area contributed by atoms with Gasteiger partial charge in [-0.05, 0) is 55.6 Å². The summed E-state index contributed by atoms with van der Waals surface area (Å²) in [5.41, 5.74) is 5.97. The van der Waals surface area contributed by atoms with E-state index < -0.39 is 5.63 Å². The molecular formula is C24H21N3O5. The van der Waals surface area contributed by atoms with Gasteiger partial charge in [-0.3, -0.25) is 10.4 Å². The molecule has 0 bridgehead atoms. The lowest BCUT2D eigenvalue weighted by Gasteiger charge is -2.34. The molecule has 0 fully saturated rings. The zero-order valence-corrected chi connectivity index (χ0v) is 17.3. The maximum atomic E-state index is 12.9. The number of rotatable bonds is 5. The van der Waals surface area contributed by atoms with Crippen molar-refractivity contribution >= 4 is 28.0 Å². The Bertz CT molecular complexity index is 1360. The van der Waals surface area contributed by atoms with E-state index in [2.05, 4.69) is 10.7 Å². The Hall–Kier alpha value is -4.17. The van der Waals surface area contributed by atoms with Crippen LogP contribution in [0.3, 0.4) is 0 Å². The molecule has 0 atom stereocenters. The van der Waals surface area contributed by atoms with E-state index >= 15 is 0 Å². The monoisotopic (exact) mass is 431 g/mol. The van der Waals surface area contributed by atoms with E-state index in [1.54, 1.807) is 23.2 Å². The number of phenols is 2. The van der Waals surface area contributed by atoms with Gasteiger partial charge >= 0.3 is 5.63 Å². The number of hydrogen-bond acceptors (Lipinski definition) is 8. The zero-order valence-electron chi connectivity index (χ0n) is 17.3. The van der Waals surface area contributed by atoms with E-state index in [-0.39, 0.29) is 17.1 Å². The summed E-state index contributed by atoms with van der Waals surface area (Å²) in [5, 5.41) is 25.4. The van der Waals surface area contributed by atoms with E-state index in [0.717, 1.165) is 18.0 Å². The van der Waals surface area contributed by atoms with Crippen molar-refractivity contribution in [2.75, 3.05) is 30.6 Å². The maximum absolute atomic E-state index is 12.9. The average Bonchev–Trinajstić information content (AvgIpc) is 2.79. The lowest BCUT2D eigenvalue weighted by atomic mass is 9.98. The summed E-state index contributed by atoms with van der Waals surface area (Å²) in [6.45, 7) is 1.29. The molecule has 32 heavy (non-hydrogen) atoms. The van der Waals surface area contributed by atoms with Crippen molar-refractivity contribution in [3.8, 4) is 28.4 Å². The number of ether oxygens (including phenoxy) is 1. The van der Waals surface area contributed by atoms with Gasteiger partial charge in [-0.1, -0.05) is 0 Å². The molecule has 0 saturated carbocycles. The molecule has 0 amide bonds. The van der Waals surface area contributed by atoms with Crippen molar-refractivity contribution in [1.82, 2.24) is 5.32 Å². The van der Waals surface area contributed by atoms with Crippen LogP contribution >= 0.6 is 0 Å². The van der Waals surface area contributed by atoms with Crippen LogP contribution in [0.2, 0.25) is 0 Å². The highest BCUT2D eigenvalue weighted by atomic mass is 16.5. The average molecular weight is 431 g/mol. The summed E-state index contributed by atoms with van der Waals surface area (Å²) in [5.74, 6) is 0.813. The summed E-state index contributed by atoms with van der Waals surface area (Å²) in [6, 6.07) is 17.0. The molecule has 3 aromatic carbocycles. The number of anilines is 3. The van der Waals surface area contributed by atoms with Gasteiger partial charge in [0, 0.05) is 29.6 Å². The minimum absolute atomic E-state index is 0.00690. The van der Waals surface area contributed by atoms with Crippen LogP contribution in [0, 0.1) is 0 Å². The molecule has 1 aliphatic rings. The molecule has 5 rings (SSSR count). The minimum atomic E-state index is -0.537. The van der Waals surface area contributed by atoms with Crippen molar-refractivity contribution in [2.45, 2.75) is 0 Å². The Balaban J connectivity index is 1.64. The van der Waals surface area contributed by atoms with E-state index in [1.807, 2.05) is 31.3 Å². The van der Waals surface area contributed by atoms with Gasteiger partial charge in [-0.15, -0.1) is 0 Å². The van der Waals surface area contributed by atoms with Crippen LogP contribution < -0.4 is 26.1 Å². The highest BCUT2D eigenvalue weighted by molar-refractivity contribution is 6.05. The van der Waals surface area contributed by atoms with Crippen LogP contribution in [0.15, 0.2) is 69.9 Å². The number of likely N-dealkylation sites (N-methyl/N-ethyl adjacent to an activating group) is 1. The third-order valence-corrected chi connectivity index (χ3v) is 5.32. The van der Waals surface area contributed by atoms with Crippen LogP contribution in [-0.4, -0.2) is 30.4 Å². The van der Waals surface area contributed by atoms with Gasteiger partial charge in [0.25, 0.3) is 0 Å². The first kappa shape index (κ1) is 19.8. The lowest BCUT2D eigenvalue weighted by Crippen LogP contribution is -2.30. The van der Waals surface area contributed by atoms with Crippen LogP contribution in [0.25, 0.3) is 22.1 Å². The molecule has 0 spiro atoms. The fourth-order valence-corrected chi connectivity index (χ4v) is 3.80. The third kappa shape index (κ3) is 3.36. The van der Waals surface area contributed by atoms with E-state index in [9.17, 15) is 15.0 Å². The Morgan fingerprint density at radius 3 is 2.56 bits per heavy atom. The number of benzene rings is 3. The largest absolute Gasteiger partial charge is 0.508 e. The number of hydrogen-bond donors (Lipinski definition) is 4. The van der Waals surface area contributed by atoms with Crippen molar-refractivity contribution in [2.24, 2.45) is 0 Å². The first-order chi connectivity index (χ1) is 15.5. The zero-order chi connectivity index (χ0) is 22.2. The summed E-state index contributed by atoms with van der Waals surface area (Å²) >= 11 is 0. The van der Waals surface area contributed by atoms with Gasteiger partial charge in [-0.25, -0.2) is 4.79 Å². The Kier molecular flexibility index (Phi) is 4.84. The predicted molar refractivity (Wildman–Crippen MR) is 123 cm³/mol. The number of nitrogens with one attached hydrogen (secondary N) is 2. The quantitative estimate of drug-likeness (QED) is 0.278. The smallest absolute Gasteiger partial charge is 0.346 e. The summed E-state index contributed by atoms with van der Waals surface area (Å²) in [4.78, 5) is 12.9. The van der Waals surface area contributed by atoms with Gasteiger partial charge in [0.05, 0.1) is 22.6 Å². The molecule has 1 aliphatic heterocycles. The van der Waals surface area contributed by atoms with Crippen molar-refractivity contribution in [1.29, 1.82) is 0 Å². The molecule has 8 heteroatoms. The van der Waals surface area contributed by atoms with E-state index in [1.165, 1.54) is 18.2 Å². The van der Waals surface area contributed by atoms with Crippen molar-refractivity contribution in [3.63, 3.8) is 0 Å². The SMILES string of the molecule is CNCCOc1ccc(N2Nc3c(c(=O)oc4cc(O)ccc34)-c3ccc(O)cc32)cc1. The van der Waals surface area contributed by atoms with Gasteiger partial charge in [-0.2, -0.15) is 0 Å². The number of fused-ring (bicyclic) bond motifs is 5. The second kappa shape index (κ2) is 7.82. The second-order valence-corrected chi connectivity index (χ2v) is 7.41. The molecule has 8 nitrogen and oxygen atoms in total. The first-order valence-electron chi connectivity index (χ1n) is 10.1. The van der Waals surface area contributed by atoms with Gasteiger partial charge in [0.2, 0.25) is 0 Å². The second-order valence-electron chi connectivity index (χ2n) is 7.41. The van der Waals surface area contributed by atoms with Gasteiger partial charge in [0.1, 0.15) is 29.4 Å².